The highest BCUT2D eigenvalue weighted by Gasteiger charge is 2.36. The van der Waals surface area contributed by atoms with Crippen LogP contribution in [0.1, 0.15) is 70.6 Å². The Hall–Kier alpha value is -1.59. The Bertz CT molecular complexity index is 604. The Morgan fingerprint density at radius 2 is 1.66 bits per heavy atom. The van der Waals surface area contributed by atoms with E-state index < -0.39 is 0 Å². The molecule has 2 saturated heterocycles. The average Bonchev–Trinajstić information content (AvgIpc) is 3.27. The zero-order valence-electron chi connectivity index (χ0n) is 17.7. The molecule has 29 heavy (non-hydrogen) atoms. The molecule has 6 heteroatoms. The van der Waals surface area contributed by atoms with Crippen molar-refractivity contribution in [2.24, 2.45) is 23.7 Å². The van der Waals surface area contributed by atoms with E-state index in [4.69, 9.17) is 0 Å². The van der Waals surface area contributed by atoms with E-state index >= 15 is 0 Å². The van der Waals surface area contributed by atoms with Gasteiger partial charge in [0.15, 0.2) is 0 Å². The lowest BCUT2D eigenvalue weighted by molar-refractivity contribution is -0.134. The highest BCUT2D eigenvalue weighted by Crippen LogP contribution is 2.30. The van der Waals surface area contributed by atoms with Crippen molar-refractivity contribution < 1.29 is 14.4 Å². The highest BCUT2D eigenvalue weighted by atomic mass is 16.2. The SMILES string of the molecule is O=C(NCC1CC1)C1CC(=O)N(CC2CCN(C(=O)CCC3CCCC3)CC2)C1. The quantitative estimate of drug-likeness (QED) is 0.677. The molecule has 3 amide bonds. The van der Waals surface area contributed by atoms with Crippen LogP contribution >= 0.6 is 0 Å². The highest BCUT2D eigenvalue weighted by molar-refractivity contribution is 5.89. The van der Waals surface area contributed by atoms with Crippen LogP contribution < -0.4 is 5.32 Å². The van der Waals surface area contributed by atoms with E-state index in [1.807, 2.05) is 9.80 Å². The Kier molecular flexibility index (Phi) is 6.76. The normalized spacial score (nSPS) is 26.3. The van der Waals surface area contributed by atoms with E-state index in [9.17, 15) is 14.4 Å². The maximum absolute atomic E-state index is 12.5. The Morgan fingerprint density at radius 1 is 0.931 bits per heavy atom. The first kappa shape index (κ1) is 20.7. The van der Waals surface area contributed by atoms with Gasteiger partial charge in [-0.3, -0.25) is 14.4 Å². The summed E-state index contributed by atoms with van der Waals surface area (Å²) in [7, 11) is 0. The second kappa shape index (κ2) is 9.48. The largest absolute Gasteiger partial charge is 0.356 e. The van der Waals surface area contributed by atoms with Crippen LogP contribution in [0.5, 0.6) is 0 Å². The molecular weight excluding hydrogens is 366 g/mol. The summed E-state index contributed by atoms with van der Waals surface area (Å²) in [5.74, 6) is 2.19. The summed E-state index contributed by atoms with van der Waals surface area (Å²) < 4.78 is 0. The number of rotatable bonds is 8. The summed E-state index contributed by atoms with van der Waals surface area (Å²) in [6, 6.07) is 0. The van der Waals surface area contributed by atoms with Crippen LogP contribution in [0.3, 0.4) is 0 Å². The summed E-state index contributed by atoms with van der Waals surface area (Å²) in [5, 5.41) is 3.02. The second-order valence-electron chi connectivity index (χ2n) is 9.90. The maximum atomic E-state index is 12.5. The number of hydrogen-bond acceptors (Lipinski definition) is 3. The molecule has 162 valence electrons. The minimum atomic E-state index is -0.182. The van der Waals surface area contributed by atoms with Crippen LogP contribution in [-0.4, -0.2) is 60.2 Å². The minimum absolute atomic E-state index is 0.0513. The van der Waals surface area contributed by atoms with Gasteiger partial charge in [0.2, 0.25) is 17.7 Å². The first-order chi connectivity index (χ1) is 14.1. The van der Waals surface area contributed by atoms with Gasteiger partial charge in [0, 0.05) is 45.6 Å². The fraction of sp³-hybridized carbons (Fsp3) is 0.870. The maximum Gasteiger partial charge on any atom is 0.225 e. The third kappa shape index (κ3) is 5.73. The first-order valence-electron chi connectivity index (χ1n) is 11.9. The van der Waals surface area contributed by atoms with Gasteiger partial charge in [-0.25, -0.2) is 0 Å². The lowest BCUT2D eigenvalue weighted by atomic mass is 9.95. The van der Waals surface area contributed by atoms with E-state index in [2.05, 4.69) is 5.32 Å². The fourth-order valence-corrected chi connectivity index (χ4v) is 5.30. The van der Waals surface area contributed by atoms with Gasteiger partial charge >= 0.3 is 0 Å². The van der Waals surface area contributed by atoms with Crippen LogP contribution in [0.15, 0.2) is 0 Å². The molecular formula is C23H37N3O3. The summed E-state index contributed by atoms with van der Waals surface area (Å²) >= 11 is 0. The predicted molar refractivity (Wildman–Crippen MR) is 111 cm³/mol. The molecule has 0 aromatic rings. The van der Waals surface area contributed by atoms with Crippen LogP contribution in [0.2, 0.25) is 0 Å². The topological polar surface area (TPSA) is 69.7 Å². The minimum Gasteiger partial charge on any atom is -0.356 e. The van der Waals surface area contributed by atoms with Gasteiger partial charge in [-0.05, 0) is 49.9 Å². The number of carbonyl (C=O) groups excluding carboxylic acids is 3. The summed E-state index contributed by atoms with van der Waals surface area (Å²) in [4.78, 5) is 41.1. The van der Waals surface area contributed by atoms with Gasteiger partial charge in [0.1, 0.15) is 0 Å². The van der Waals surface area contributed by atoms with Gasteiger partial charge in [-0.15, -0.1) is 0 Å². The summed E-state index contributed by atoms with van der Waals surface area (Å²) in [6.07, 6.45) is 11.8. The first-order valence-corrected chi connectivity index (χ1v) is 11.9. The van der Waals surface area contributed by atoms with Crippen LogP contribution in [0, 0.1) is 23.7 Å². The second-order valence-corrected chi connectivity index (χ2v) is 9.90. The molecule has 0 aromatic carbocycles. The lowest BCUT2D eigenvalue weighted by Gasteiger charge is -2.34. The van der Waals surface area contributed by atoms with Gasteiger partial charge < -0.3 is 15.1 Å². The van der Waals surface area contributed by atoms with Gasteiger partial charge in [-0.2, -0.15) is 0 Å². The number of likely N-dealkylation sites (tertiary alicyclic amines) is 2. The molecule has 0 radical (unpaired) electrons. The molecule has 6 nitrogen and oxygen atoms in total. The third-order valence-electron chi connectivity index (χ3n) is 7.53. The van der Waals surface area contributed by atoms with Crippen molar-refractivity contribution in [1.29, 1.82) is 0 Å². The molecule has 2 saturated carbocycles. The van der Waals surface area contributed by atoms with E-state index in [1.54, 1.807) is 0 Å². The monoisotopic (exact) mass is 403 g/mol. The number of piperidine rings is 1. The molecule has 4 fully saturated rings. The molecule has 4 aliphatic rings. The van der Waals surface area contributed by atoms with E-state index in [0.717, 1.165) is 51.4 Å². The molecule has 2 heterocycles. The zero-order valence-corrected chi connectivity index (χ0v) is 17.7. The standard InChI is InChI=1S/C23H37N3O3/c27-21(8-7-17-3-1-2-4-17)25-11-9-19(10-12-25)15-26-16-20(13-22(26)28)23(29)24-14-18-5-6-18/h17-20H,1-16H2,(H,24,29). The number of nitrogens with one attached hydrogen (secondary N) is 1. The molecule has 1 N–H and O–H groups in total. The molecule has 0 bridgehead atoms. The molecule has 0 aromatic heterocycles. The fourth-order valence-electron chi connectivity index (χ4n) is 5.30. The number of carbonyl (C=O) groups is 3. The van der Waals surface area contributed by atoms with E-state index in [0.29, 0.717) is 37.1 Å². The van der Waals surface area contributed by atoms with Crippen molar-refractivity contribution in [3.05, 3.63) is 0 Å². The van der Waals surface area contributed by atoms with Crippen LogP contribution in [-0.2, 0) is 14.4 Å². The number of hydrogen-bond donors (Lipinski definition) is 1. The van der Waals surface area contributed by atoms with Gasteiger partial charge in [-0.1, -0.05) is 25.7 Å². The zero-order chi connectivity index (χ0) is 20.2. The molecule has 2 aliphatic heterocycles. The molecule has 4 rings (SSSR count). The van der Waals surface area contributed by atoms with Crippen molar-refractivity contribution in [3.63, 3.8) is 0 Å². The number of nitrogens with zero attached hydrogens (tertiary/aromatic N) is 2. The molecule has 2 aliphatic carbocycles. The predicted octanol–water partition coefficient (Wildman–Crippen LogP) is 2.57. The van der Waals surface area contributed by atoms with E-state index in [1.165, 1.54) is 38.5 Å². The van der Waals surface area contributed by atoms with E-state index in [-0.39, 0.29) is 17.7 Å². The van der Waals surface area contributed by atoms with Crippen molar-refractivity contribution in [2.45, 2.75) is 70.6 Å². The molecule has 1 atom stereocenters. The third-order valence-corrected chi connectivity index (χ3v) is 7.53. The molecule has 0 spiro atoms. The van der Waals surface area contributed by atoms with Crippen LogP contribution in [0.4, 0.5) is 0 Å². The summed E-state index contributed by atoms with van der Waals surface area (Å²) in [6.45, 7) is 3.73. The Morgan fingerprint density at radius 3 is 2.34 bits per heavy atom. The number of amides is 3. The van der Waals surface area contributed by atoms with Gasteiger partial charge in [0.05, 0.1) is 5.92 Å². The van der Waals surface area contributed by atoms with Crippen LogP contribution in [0.25, 0.3) is 0 Å². The molecule has 1 unspecified atom stereocenters. The lowest BCUT2D eigenvalue weighted by Crippen LogP contribution is -2.42. The van der Waals surface area contributed by atoms with Gasteiger partial charge in [0.25, 0.3) is 0 Å². The van der Waals surface area contributed by atoms with Crippen molar-refractivity contribution in [1.82, 2.24) is 15.1 Å². The Labute approximate surface area is 174 Å². The van der Waals surface area contributed by atoms with Crippen molar-refractivity contribution in [2.75, 3.05) is 32.7 Å². The smallest absolute Gasteiger partial charge is 0.225 e. The van der Waals surface area contributed by atoms with Crippen molar-refractivity contribution >= 4 is 17.7 Å². The van der Waals surface area contributed by atoms with Crippen molar-refractivity contribution in [3.8, 4) is 0 Å². The Balaban J connectivity index is 1.15. The average molecular weight is 404 g/mol. The summed E-state index contributed by atoms with van der Waals surface area (Å²) in [5.41, 5.74) is 0.